The first-order valence-electron chi connectivity index (χ1n) is 6.54. The Kier molecular flexibility index (Phi) is 4.71. The molecule has 1 atom stereocenters. The number of nitrogens with one attached hydrogen (secondary N) is 1. The molecule has 0 spiro atoms. The average Bonchev–Trinajstić information content (AvgIpc) is 2.69. The van der Waals surface area contributed by atoms with Crippen LogP contribution in [0.5, 0.6) is 0 Å². The minimum Gasteiger partial charge on any atom is -0.305 e. The van der Waals surface area contributed by atoms with Crippen LogP contribution in [0.4, 0.5) is 5.69 Å². The highest BCUT2D eigenvalue weighted by Crippen LogP contribution is 2.22. The zero-order chi connectivity index (χ0) is 15.5. The first-order chi connectivity index (χ1) is 9.88. The third-order valence-electron chi connectivity index (χ3n) is 3.16. The minimum atomic E-state index is -3.50. The zero-order valence-corrected chi connectivity index (χ0v) is 12.2. The molecule has 0 aromatic heterocycles. The van der Waals surface area contributed by atoms with Crippen LogP contribution in [0.3, 0.4) is 0 Å². The number of primary sulfonamides is 1. The van der Waals surface area contributed by atoms with Crippen molar-refractivity contribution in [2.24, 2.45) is 5.14 Å². The molecule has 1 aromatic rings. The molecule has 114 valence electrons. The molecule has 8 heteroatoms. The molecule has 0 aliphatic carbocycles. The number of carbonyl (C=O) groups is 2. The molecule has 1 aliphatic heterocycles. The van der Waals surface area contributed by atoms with Crippen LogP contribution in [-0.2, 0) is 19.6 Å². The van der Waals surface area contributed by atoms with E-state index in [2.05, 4.69) is 5.32 Å². The lowest BCUT2D eigenvalue weighted by atomic mass is 10.2. The van der Waals surface area contributed by atoms with E-state index < -0.39 is 16.1 Å². The highest BCUT2D eigenvalue weighted by Gasteiger charge is 2.38. The number of rotatable bonds is 6. The summed E-state index contributed by atoms with van der Waals surface area (Å²) in [6.07, 6.45) is 0.366. The summed E-state index contributed by atoms with van der Waals surface area (Å²) < 4.78 is 21.6. The number of hydrogen-bond acceptors (Lipinski definition) is 5. The molecule has 1 aromatic carbocycles. The number of sulfonamides is 1. The fourth-order valence-corrected chi connectivity index (χ4v) is 2.74. The lowest BCUT2D eigenvalue weighted by Crippen LogP contribution is -2.39. The fourth-order valence-electron chi connectivity index (χ4n) is 2.19. The van der Waals surface area contributed by atoms with Crippen LogP contribution in [0.25, 0.3) is 0 Å². The molecular formula is C13H17N3O4S. The highest BCUT2D eigenvalue weighted by atomic mass is 32.2. The summed E-state index contributed by atoms with van der Waals surface area (Å²) in [6, 6.07) is 8.08. The number of nitrogens with zero attached hydrogens (tertiary/aromatic N) is 1. The summed E-state index contributed by atoms with van der Waals surface area (Å²) in [7, 11) is -3.50. The summed E-state index contributed by atoms with van der Waals surface area (Å²) in [4.78, 5) is 25.3. The van der Waals surface area contributed by atoms with Crippen molar-refractivity contribution in [1.82, 2.24) is 5.32 Å². The van der Waals surface area contributed by atoms with Gasteiger partial charge in [0.05, 0.1) is 23.9 Å². The summed E-state index contributed by atoms with van der Waals surface area (Å²) in [5.41, 5.74) is 0.543. The Morgan fingerprint density at radius 3 is 2.52 bits per heavy atom. The third-order valence-corrected chi connectivity index (χ3v) is 4.02. The summed E-state index contributed by atoms with van der Waals surface area (Å²) >= 11 is 0. The fraction of sp³-hybridized carbons (Fsp3) is 0.385. The van der Waals surface area contributed by atoms with Gasteiger partial charge in [0.2, 0.25) is 15.9 Å². The van der Waals surface area contributed by atoms with Crippen molar-refractivity contribution in [3.8, 4) is 0 Å². The van der Waals surface area contributed by atoms with Gasteiger partial charge in [-0.1, -0.05) is 18.2 Å². The molecule has 2 rings (SSSR count). The van der Waals surface area contributed by atoms with E-state index in [1.807, 2.05) is 0 Å². The van der Waals surface area contributed by atoms with Gasteiger partial charge >= 0.3 is 0 Å². The summed E-state index contributed by atoms with van der Waals surface area (Å²) in [5.74, 6) is -0.742. The number of imide groups is 1. The number of hydrogen-bond donors (Lipinski definition) is 2. The van der Waals surface area contributed by atoms with Crippen LogP contribution in [0.1, 0.15) is 12.8 Å². The Morgan fingerprint density at radius 1 is 1.24 bits per heavy atom. The SMILES string of the molecule is NS(=O)(=O)CCCNC1CC(=O)N(c2ccccc2)C1=O. The van der Waals surface area contributed by atoms with Gasteiger partial charge in [0.15, 0.2) is 0 Å². The molecule has 0 bridgehead atoms. The van der Waals surface area contributed by atoms with Gasteiger partial charge in [-0.3, -0.25) is 9.59 Å². The Bertz CT molecular complexity index is 630. The Balaban J connectivity index is 1.93. The van der Waals surface area contributed by atoms with E-state index in [1.54, 1.807) is 30.3 Å². The second kappa shape index (κ2) is 6.33. The van der Waals surface area contributed by atoms with Gasteiger partial charge in [-0.25, -0.2) is 18.5 Å². The van der Waals surface area contributed by atoms with E-state index in [1.165, 1.54) is 0 Å². The van der Waals surface area contributed by atoms with Gasteiger partial charge in [-0.2, -0.15) is 0 Å². The first kappa shape index (κ1) is 15.6. The molecule has 0 radical (unpaired) electrons. The van der Waals surface area contributed by atoms with E-state index in [0.29, 0.717) is 18.7 Å². The molecule has 7 nitrogen and oxygen atoms in total. The van der Waals surface area contributed by atoms with Crippen LogP contribution in [0.15, 0.2) is 30.3 Å². The van der Waals surface area contributed by atoms with Crippen LogP contribution in [-0.4, -0.2) is 38.6 Å². The van der Waals surface area contributed by atoms with Crippen molar-refractivity contribution in [3.05, 3.63) is 30.3 Å². The number of anilines is 1. The molecule has 1 heterocycles. The van der Waals surface area contributed by atoms with Crippen molar-refractivity contribution in [2.75, 3.05) is 17.2 Å². The Morgan fingerprint density at radius 2 is 1.90 bits per heavy atom. The first-order valence-corrected chi connectivity index (χ1v) is 8.26. The van der Waals surface area contributed by atoms with E-state index in [-0.39, 0.29) is 24.0 Å². The number of benzene rings is 1. The third kappa shape index (κ3) is 4.10. The van der Waals surface area contributed by atoms with Gasteiger partial charge in [-0.15, -0.1) is 0 Å². The molecule has 3 N–H and O–H groups in total. The van der Waals surface area contributed by atoms with Crippen LogP contribution >= 0.6 is 0 Å². The van der Waals surface area contributed by atoms with Gasteiger partial charge in [0, 0.05) is 0 Å². The van der Waals surface area contributed by atoms with Crippen LogP contribution in [0, 0.1) is 0 Å². The number of amides is 2. The Hall–Kier alpha value is -1.77. The minimum absolute atomic E-state index is 0.0725. The van der Waals surface area contributed by atoms with Crippen molar-refractivity contribution in [3.63, 3.8) is 0 Å². The largest absolute Gasteiger partial charge is 0.305 e. The lowest BCUT2D eigenvalue weighted by molar-refractivity contribution is -0.121. The maximum atomic E-state index is 12.2. The average molecular weight is 311 g/mol. The van der Waals surface area contributed by atoms with Gasteiger partial charge < -0.3 is 5.32 Å². The number of para-hydroxylation sites is 1. The zero-order valence-electron chi connectivity index (χ0n) is 11.4. The second-order valence-corrected chi connectivity index (χ2v) is 6.57. The molecule has 1 unspecified atom stereocenters. The van der Waals surface area contributed by atoms with E-state index in [4.69, 9.17) is 5.14 Å². The number of nitrogens with two attached hydrogens (primary N) is 1. The monoisotopic (exact) mass is 311 g/mol. The molecule has 1 aliphatic rings. The maximum absolute atomic E-state index is 12.2. The maximum Gasteiger partial charge on any atom is 0.251 e. The van der Waals surface area contributed by atoms with E-state index in [9.17, 15) is 18.0 Å². The predicted octanol–water partition coefficient (Wildman–Crippen LogP) is -0.413. The van der Waals surface area contributed by atoms with Crippen molar-refractivity contribution in [1.29, 1.82) is 0 Å². The topological polar surface area (TPSA) is 110 Å². The predicted molar refractivity (Wildman–Crippen MR) is 77.9 cm³/mol. The lowest BCUT2D eigenvalue weighted by Gasteiger charge is -2.15. The normalized spacial score (nSPS) is 19.3. The van der Waals surface area contributed by atoms with Gasteiger partial charge in [0.25, 0.3) is 5.91 Å². The highest BCUT2D eigenvalue weighted by molar-refractivity contribution is 7.89. The Labute approximate surface area is 123 Å². The van der Waals surface area contributed by atoms with Crippen molar-refractivity contribution < 1.29 is 18.0 Å². The van der Waals surface area contributed by atoms with Gasteiger partial charge in [-0.05, 0) is 25.1 Å². The van der Waals surface area contributed by atoms with E-state index in [0.717, 1.165) is 4.90 Å². The molecule has 1 fully saturated rings. The number of carbonyl (C=O) groups excluding carboxylic acids is 2. The van der Waals surface area contributed by atoms with Gasteiger partial charge in [0.1, 0.15) is 0 Å². The second-order valence-electron chi connectivity index (χ2n) is 4.83. The van der Waals surface area contributed by atoms with Crippen LogP contribution < -0.4 is 15.4 Å². The molecule has 0 saturated carbocycles. The molecule has 21 heavy (non-hydrogen) atoms. The molecule has 2 amide bonds. The van der Waals surface area contributed by atoms with Crippen molar-refractivity contribution in [2.45, 2.75) is 18.9 Å². The van der Waals surface area contributed by atoms with E-state index >= 15 is 0 Å². The smallest absolute Gasteiger partial charge is 0.251 e. The quantitative estimate of drug-likeness (QED) is 0.548. The molecule has 1 saturated heterocycles. The molecular weight excluding hydrogens is 294 g/mol. The summed E-state index contributed by atoms with van der Waals surface area (Å²) in [5, 5.41) is 7.79. The van der Waals surface area contributed by atoms with Crippen LogP contribution in [0.2, 0.25) is 0 Å². The summed E-state index contributed by atoms with van der Waals surface area (Å²) in [6.45, 7) is 0.308. The standard InChI is InChI=1S/C13H17N3O4S/c14-21(19,20)8-4-7-15-11-9-12(17)16(13(11)18)10-5-2-1-3-6-10/h1-3,5-6,11,15H,4,7-9H2,(H2,14,19,20). The van der Waals surface area contributed by atoms with Crippen molar-refractivity contribution >= 4 is 27.5 Å².